The number of carbonyl (C=O) groups is 1. The van der Waals surface area contributed by atoms with Crippen molar-refractivity contribution in [1.82, 2.24) is 0 Å². The van der Waals surface area contributed by atoms with E-state index in [-0.39, 0.29) is 17.0 Å². The normalized spacial score (nSPS) is 27.9. The van der Waals surface area contributed by atoms with Crippen LogP contribution in [0.4, 0.5) is 4.39 Å². The summed E-state index contributed by atoms with van der Waals surface area (Å²) in [6.45, 7) is 0. The van der Waals surface area contributed by atoms with Crippen molar-refractivity contribution in [3.8, 4) is 0 Å². The van der Waals surface area contributed by atoms with Crippen LogP contribution in [-0.2, 0) is 9.53 Å². The summed E-state index contributed by atoms with van der Waals surface area (Å²) in [4.78, 5) is 10.5. The molecule has 0 radical (unpaired) electrons. The maximum Gasteiger partial charge on any atom is 0.336 e. The van der Waals surface area contributed by atoms with Crippen LogP contribution in [0.3, 0.4) is 0 Å². The molecule has 5 heteroatoms. The fourth-order valence-electron chi connectivity index (χ4n) is 0.992. The van der Waals surface area contributed by atoms with Gasteiger partial charge in [0.2, 0.25) is 5.85 Å². The molecule has 0 heterocycles. The molecule has 0 bridgehead atoms. The lowest BCUT2D eigenvalue weighted by atomic mass is 10.0. The van der Waals surface area contributed by atoms with Crippen LogP contribution in [-0.4, -0.2) is 24.0 Å². The maximum absolute atomic E-state index is 13.4. The molecule has 1 unspecified atom stereocenters. The van der Waals surface area contributed by atoms with Gasteiger partial charge in [0.25, 0.3) is 0 Å². The van der Waals surface area contributed by atoms with Crippen LogP contribution in [0.2, 0.25) is 0 Å². The number of rotatable bonds is 2. The number of carboxylic acid groups (broad SMARTS) is 1. The second kappa shape index (κ2) is 3.47. The van der Waals surface area contributed by atoms with E-state index >= 15 is 0 Å². The van der Waals surface area contributed by atoms with Crippen molar-refractivity contribution >= 4 is 17.6 Å². The third-order valence-electron chi connectivity index (χ3n) is 1.76. The molecule has 0 fully saturated rings. The zero-order valence-electron chi connectivity index (χ0n) is 6.88. The average Bonchev–Trinajstić information content (AvgIpc) is 2.03. The number of hydrogen-bond donors (Lipinski definition) is 1. The van der Waals surface area contributed by atoms with Crippen molar-refractivity contribution in [2.75, 3.05) is 7.11 Å². The van der Waals surface area contributed by atoms with Gasteiger partial charge in [0, 0.05) is 18.6 Å². The molecule has 1 N–H and O–H groups in total. The average molecular weight is 207 g/mol. The first-order chi connectivity index (χ1) is 5.98. The van der Waals surface area contributed by atoms with Crippen molar-refractivity contribution in [2.24, 2.45) is 0 Å². The predicted octanol–water partition coefficient (Wildman–Crippen LogP) is 1.84. The highest BCUT2D eigenvalue weighted by Gasteiger charge is 2.32. The van der Waals surface area contributed by atoms with Crippen LogP contribution < -0.4 is 0 Å². The van der Waals surface area contributed by atoms with E-state index < -0.39 is 11.8 Å². The molecule has 1 aliphatic rings. The molecule has 1 aliphatic carbocycles. The van der Waals surface area contributed by atoms with E-state index in [4.69, 9.17) is 16.7 Å². The van der Waals surface area contributed by atoms with Crippen LogP contribution in [0.25, 0.3) is 0 Å². The van der Waals surface area contributed by atoms with Crippen LogP contribution in [0, 0.1) is 0 Å². The van der Waals surface area contributed by atoms with Gasteiger partial charge in [-0.25, -0.2) is 9.18 Å². The summed E-state index contributed by atoms with van der Waals surface area (Å²) >= 11 is 5.57. The Morgan fingerprint density at radius 1 is 1.85 bits per heavy atom. The first-order valence-electron chi connectivity index (χ1n) is 3.54. The standard InChI is InChI=1S/C8H8ClFO3/c1-13-8(10)3-2-5(7(11)12)6(9)4-8/h2-3H,4H2,1H3,(H,11,12). The van der Waals surface area contributed by atoms with Crippen molar-refractivity contribution in [3.05, 3.63) is 22.8 Å². The molecule has 0 aromatic rings. The fraction of sp³-hybridized carbons (Fsp3) is 0.375. The topological polar surface area (TPSA) is 46.5 Å². The van der Waals surface area contributed by atoms with Gasteiger partial charge in [0.15, 0.2) is 0 Å². The van der Waals surface area contributed by atoms with Gasteiger partial charge in [-0.15, -0.1) is 0 Å². The lowest BCUT2D eigenvalue weighted by molar-refractivity contribution is -0.132. The summed E-state index contributed by atoms with van der Waals surface area (Å²) < 4.78 is 17.9. The lowest BCUT2D eigenvalue weighted by Crippen LogP contribution is -2.25. The zero-order valence-corrected chi connectivity index (χ0v) is 7.64. The summed E-state index contributed by atoms with van der Waals surface area (Å²) in [6, 6.07) is 0. The number of alkyl halides is 1. The lowest BCUT2D eigenvalue weighted by Gasteiger charge is -2.23. The highest BCUT2D eigenvalue weighted by atomic mass is 35.5. The molecule has 0 aromatic heterocycles. The van der Waals surface area contributed by atoms with Gasteiger partial charge in [0.05, 0.1) is 5.57 Å². The van der Waals surface area contributed by atoms with E-state index in [0.29, 0.717) is 0 Å². The Kier molecular flexibility index (Phi) is 2.73. The molecule has 0 saturated carbocycles. The Morgan fingerprint density at radius 2 is 2.46 bits per heavy atom. The van der Waals surface area contributed by atoms with Gasteiger partial charge in [-0.3, -0.25) is 0 Å². The highest BCUT2D eigenvalue weighted by Crippen LogP contribution is 2.32. The van der Waals surface area contributed by atoms with Crippen LogP contribution in [0.5, 0.6) is 0 Å². The van der Waals surface area contributed by atoms with E-state index in [1.807, 2.05) is 0 Å². The molecule has 1 atom stereocenters. The van der Waals surface area contributed by atoms with E-state index in [1.165, 1.54) is 7.11 Å². The minimum absolute atomic E-state index is 0.0423. The van der Waals surface area contributed by atoms with E-state index in [0.717, 1.165) is 12.2 Å². The molecule has 0 aromatic carbocycles. The number of ether oxygens (including phenoxy) is 1. The smallest absolute Gasteiger partial charge is 0.336 e. The van der Waals surface area contributed by atoms with Gasteiger partial charge in [-0.05, 0) is 12.2 Å². The van der Waals surface area contributed by atoms with E-state index in [1.54, 1.807) is 0 Å². The van der Waals surface area contributed by atoms with Crippen LogP contribution in [0.1, 0.15) is 6.42 Å². The minimum atomic E-state index is -1.98. The molecule has 0 spiro atoms. The summed E-state index contributed by atoms with van der Waals surface area (Å²) in [5.41, 5.74) is -0.0907. The monoisotopic (exact) mass is 206 g/mol. The SMILES string of the molecule is COC1(F)C=CC(C(=O)O)=C(Cl)C1. The van der Waals surface area contributed by atoms with Gasteiger partial charge in [-0.2, -0.15) is 0 Å². The highest BCUT2D eigenvalue weighted by molar-refractivity contribution is 6.32. The molecule has 0 saturated heterocycles. The van der Waals surface area contributed by atoms with Crippen molar-refractivity contribution in [2.45, 2.75) is 12.3 Å². The van der Waals surface area contributed by atoms with Crippen molar-refractivity contribution in [1.29, 1.82) is 0 Å². The second-order valence-electron chi connectivity index (χ2n) is 2.62. The van der Waals surface area contributed by atoms with Crippen LogP contribution in [0.15, 0.2) is 22.8 Å². The molecule has 1 rings (SSSR count). The van der Waals surface area contributed by atoms with Crippen LogP contribution >= 0.6 is 11.6 Å². The molecule has 13 heavy (non-hydrogen) atoms. The number of methoxy groups -OCH3 is 1. The quantitative estimate of drug-likeness (QED) is 0.750. The Bertz CT molecular complexity index is 298. The van der Waals surface area contributed by atoms with Gasteiger partial charge < -0.3 is 9.84 Å². The second-order valence-corrected chi connectivity index (χ2v) is 3.08. The van der Waals surface area contributed by atoms with Crippen molar-refractivity contribution in [3.63, 3.8) is 0 Å². The third kappa shape index (κ3) is 2.08. The van der Waals surface area contributed by atoms with Gasteiger partial charge in [-0.1, -0.05) is 11.6 Å². The van der Waals surface area contributed by atoms with E-state index in [2.05, 4.69) is 4.74 Å². The number of halogens is 2. The van der Waals surface area contributed by atoms with Crippen molar-refractivity contribution < 1.29 is 19.0 Å². The zero-order chi connectivity index (χ0) is 10.1. The Hall–Kier alpha value is -0.870. The van der Waals surface area contributed by atoms with Gasteiger partial charge >= 0.3 is 5.97 Å². The molecular weight excluding hydrogens is 199 g/mol. The molecule has 72 valence electrons. The summed E-state index contributed by atoms with van der Waals surface area (Å²) in [6.07, 6.45) is 1.89. The first-order valence-corrected chi connectivity index (χ1v) is 3.91. The Balaban J connectivity index is 2.93. The Morgan fingerprint density at radius 3 is 2.85 bits per heavy atom. The molecule has 3 nitrogen and oxygen atoms in total. The molecule has 0 amide bonds. The number of hydrogen-bond acceptors (Lipinski definition) is 2. The van der Waals surface area contributed by atoms with E-state index in [9.17, 15) is 9.18 Å². The summed E-state index contributed by atoms with van der Waals surface area (Å²) in [5.74, 6) is -3.14. The number of aliphatic carboxylic acids is 1. The summed E-state index contributed by atoms with van der Waals surface area (Å²) in [5, 5.41) is 8.55. The first kappa shape index (κ1) is 10.2. The molecule has 0 aliphatic heterocycles. The maximum atomic E-state index is 13.4. The predicted molar refractivity (Wildman–Crippen MR) is 45.1 cm³/mol. The fourth-order valence-corrected chi connectivity index (χ4v) is 1.32. The molecular formula is C8H8ClFO3. The minimum Gasteiger partial charge on any atom is -0.478 e. The largest absolute Gasteiger partial charge is 0.478 e. The number of carboxylic acids is 1. The Labute approximate surface area is 79.4 Å². The summed E-state index contributed by atoms with van der Waals surface area (Å²) in [7, 11) is 1.19. The van der Waals surface area contributed by atoms with Gasteiger partial charge in [0.1, 0.15) is 0 Å². The third-order valence-corrected chi connectivity index (χ3v) is 2.09.